The van der Waals surface area contributed by atoms with Gasteiger partial charge in [0.05, 0.1) is 6.10 Å². The van der Waals surface area contributed by atoms with Gasteiger partial charge >= 0.3 is 0 Å². The molecule has 0 radical (unpaired) electrons. The molecule has 2 heteroatoms. The summed E-state index contributed by atoms with van der Waals surface area (Å²) in [6, 6.07) is 0.870. The monoisotopic (exact) mass is 295 g/mol. The van der Waals surface area contributed by atoms with Gasteiger partial charge in [-0.3, -0.25) is 0 Å². The van der Waals surface area contributed by atoms with Crippen LogP contribution in [-0.4, -0.2) is 23.8 Å². The Hall–Kier alpha value is -0.0800. The molecule has 1 saturated heterocycles. The summed E-state index contributed by atoms with van der Waals surface area (Å²) in [5.74, 6) is 3.67. The lowest BCUT2D eigenvalue weighted by Gasteiger charge is -2.41. The molecule has 3 aliphatic rings. The van der Waals surface area contributed by atoms with Gasteiger partial charge < -0.3 is 10.4 Å². The van der Waals surface area contributed by atoms with Gasteiger partial charge in [-0.25, -0.2) is 0 Å². The molecule has 0 aromatic rings. The van der Waals surface area contributed by atoms with Gasteiger partial charge in [-0.05, 0) is 75.2 Å². The average molecular weight is 296 g/mol. The normalized spacial score (nSPS) is 40.1. The number of piperidine rings is 1. The smallest absolute Gasteiger partial charge is 0.0542 e. The van der Waals surface area contributed by atoms with Gasteiger partial charge in [-0.1, -0.05) is 33.6 Å². The standard InChI is InChI=1S/C12H23N.C7H14O/c1-9(2)11-6-5-10-4-3-7-13-12(10)8-11;1-6-3-2-4-7(8)5-6/h9-13H,3-8H2,1-2H3;6-8H,2-5H2,1H3. The van der Waals surface area contributed by atoms with Crippen molar-refractivity contribution in [1.82, 2.24) is 5.32 Å². The molecule has 124 valence electrons. The first-order chi connectivity index (χ1) is 10.1. The molecule has 0 aromatic heterocycles. The minimum atomic E-state index is 0.0127. The van der Waals surface area contributed by atoms with Crippen LogP contribution >= 0.6 is 0 Å². The molecular weight excluding hydrogens is 258 g/mol. The van der Waals surface area contributed by atoms with Crippen molar-refractivity contribution >= 4 is 0 Å². The van der Waals surface area contributed by atoms with Crippen molar-refractivity contribution in [2.75, 3.05) is 6.54 Å². The van der Waals surface area contributed by atoms with Crippen LogP contribution in [0.2, 0.25) is 0 Å². The minimum absolute atomic E-state index is 0.0127. The number of nitrogens with one attached hydrogen (secondary N) is 1. The summed E-state index contributed by atoms with van der Waals surface area (Å²) >= 11 is 0. The fourth-order valence-corrected chi connectivity index (χ4v) is 4.52. The lowest BCUT2D eigenvalue weighted by Crippen LogP contribution is -2.45. The highest BCUT2D eigenvalue weighted by Gasteiger charge is 2.32. The number of rotatable bonds is 1. The van der Waals surface area contributed by atoms with Crippen LogP contribution < -0.4 is 5.32 Å². The van der Waals surface area contributed by atoms with E-state index >= 15 is 0 Å². The van der Waals surface area contributed by atoms with E-state index in [0.717, 1.165) is 42.6 Å². The van der Waals surface area contributed by atoms with Crippen LogP contribution in [0.25, 0.3) is 0 Å². The Morgan fingerprint density at radius 1 is 0.952 bits per heavy atom. The lowest BCUT2D eigenvalue weighted by atomic mass is 9.71. The molecule has 5 atom stereocenters. The predicted molar refractivity (Wildman–Crippen MR) is 90.3 cm³/mol. The number of hydrogen-bond donors (Lipinski definition) is 2. The average Bonchev–Trinajstić information content (AvgIpc) is 2.47. The van der Waals surface area contributed by atoms with Gasteiger partial charge in [0.2, 0.25) is 0 Å². The molecule has 0 amide bonds. The van der Waals surface area contributed by atoms with Crippen LogP contribution in [0.4, 0.5) is 0 Å². The molecule has 2 saturated carbocycles. The van der Waals surface area contributed by atoms with Crippen molar-refractivity contribution in [3.8, 4) is 0 Å². The maximum atomic E-state index is 9.08. The van der Waals surface area contributed by atoms with Crippen LogP contribution in [-0.2, 0) is 0 Å². The molecule has 0 aromatic carbocycles. The van der Waals surface area contributed by atoms with E-state index in [2.05, 4.69) is 26.1 Å². The van der Waals surface area contributed by atoms with Crippen LogP contribution in [0, 0.1) is 23.7 Å². The van der Waals surface area contributed by atoms with Crippen molar-refractivity contribution in [2.45, 2.75) is 90.7 Å². The van der Waals surface area contributed by atoms with Gasteiger partial charge in [0, 0.05) is 6.04 Å². The first kappa shape index (κ1) is 17.3. The van der Waals surface area contributed by atoms with Crippen LogP contribution in [0.3, 0.4) is 0 Å². The van der Waals surface area contributed by atoms with E-state index in [1.807, 2.05) is 0 Å². The molecule has 0 bridgehead atoms. The molecule has 2 nitrogen and oxygen atoms in total. The third-order valence-corrected chi connectivity index (χ3v) is 6.04. The highest BCUT2D eigenvalue weighted by Crippen LogP contribution is 2.36. The minimum Gasteiger partial charge on any atom is -0.393 e. The van der Waals surface area contributed by atoms with E-state index in [1.54, 1.807) is 0 Å². The van der Waals surface area contributed by atoms with E-state index in [1.165, 1.54) is 51.5 Å². The second kappa shape index (κ2) is 8.53. The molecule has 21 heavy (non-hydrogen) atoms. The maximum absolute atomic E-state index is 9.08. The van der Waals surface area contributed by atoms with Gasteiger partial charge in [0.1, 0.15) is 0 Å². The SMILES string of the molecule is CC(C)C1CCC2CCCNC2C1.CC1CCCC(O)C1. The summed E-state index contributed by atoms with van der Waals surface area (Å²) in [4.78, 5) is 0. The van der Waals surface area contributed by atoms with Crippen molar-refractivity contribution < 1.29 is 5.11 Å². The van der Waals surface area contributed by atoms with E-state index in [9.17, 15) is 0 Å². The topological polar surface area (TPSA) is 32.3 Å². The van der Waals surface area contributed by atoms with Crippen LogP contribution in [0.1, 0.15) is 78.6 Å². The maximum Gasteiger partial charge on any atom is 0.0542 e. The molecule has 3 rings (SSSR count). The molecule has 1 aliphatic heterocycles. The molecule has 3 fully saturated rings. The number of aliphatic hydroxyl groups is 1. The van der Waals surface area contributed by atoms with Crippen LogP contribution in [0.5, 0.6) is 0 Å². The van der Waals surface area contributed by atoms with Gasteiger partial charge in [0.25, 0.3) is 0 Å². The molecule has 1 heterocycles. The highest BCUT2D eigenvalue weighted by molar-refractivity contribution is 4.88. The zero-order valence-electron chi connectivity index (χ0n) is 14.5. The Morgan fingerprint density at radius 2 is 1.76 bits per heavy atom. The van der Waals surface area contributed by atoms with Crippen LogP contribution in [0.15, 0.2) is 0 Å². The summed E-state index contributed by atoms with van der Waals surface area (Å²) in [7, 11) is 0. The zero-order valence-corrected chi connectivity index (χ0v) is 14.5. The Labute approximate surface area is 132 Å². The number of aliphatic hydroxyl groups excluding tert-OH is 1. The summed E-state index contributed by atoms with van der Waals surface area (Å²) in [5, 5.41) is 12.8. The van der Waals surface area contributed by atoms with Crippen molar-refractivity contribution in [3.05, 3.63) is 0 Å². The Bertz CT molecular complexity index is 283. The van der Waals surface area contributed by atoms with E-state index in [0.29, 0.717) is 0 Å². The highest BCUT2D eigenvalue weighted by atomic mass is 16.3. The Balaban J connectivity index is 0.000000173. The van der Waals surface area contributed by atoms with Crippen molar-refractivity contribution in [2.24, 2.45) is 23.7 Å². The summed E-state index contributed by atoms with van der Waals surface area (Å²) in [5.41, 5.74) is 0. The first-order valence-electron chi connectivity index (χ1n) is 9.47. The van der Waals surface area contributed by atoms with E-state index < -0.39 is 0 Å². The molecule has 5 unspecified atom stereocenters. The second-order valence-corrected chi connectivity index (χ2v) is 8.21. The molecule has 2 N–H and O–H groups in total. The zero-order chi connectivity index (χ0) is 15.2. The molecule has 2 aliphatic carbocycles. The fourth-order valence-electron chi connectivity index (χ4n) is 4.52. The van der Waals surface area contributed by atoms with E-state index in [4.69, 9.17) is 5.11 Å². The molecular formula is C19H37NO. The number of fused-ring (bicyclic) bond motifs is 1. The third kappa shape index (κ3) is 5.56. The quantitative estimate of drug-likeness (QED) is 0.753. The third-order valence-electron chi connectivity index (χ3n) is 6.04. The van der Waals surface area contributed by atoms with Crippen molar-refractivity contribution in [3.63, 3.8) is 0 Å². The fraction of sp³-hybridized carbons (Fsp3) is 1.00. The Kier molecular flexibility index (Phi) is 7.01. The van der Waals surface area contributed by atoms with E-state index in [-0.39, 0.29) is 6.10 Å². The van der Waals surface area contributed by atoms with Gasteiger partial charge in [-0.15, -0.1) is 0 Å². The lowest BCUT2D eigenvalue weighted by molar-refractivity contribution is 0.106. The Morgan fingerprint density at radius 3 is 2.38 bits per heavy atom. The number of hydrogen-bond acceptors (Lipinski definition) is 2. The summed E-state index contributed by atoms with van der Waals surface area (Å²) < 4.78 is 0. The van der Waals surface area contributed by atoms with Crippen molar-refractivity contribution in [1.29, 1.82) is 0 Å². The molecule has 0 spiro atoms. The summed E-state index contributed by atoms with van der Waals surface area (Å²) in [6.45, 7) is 8.25. The first-order valence-corrected chi connectivity index (χ1v) is 9.47. The largest absolute Gasteiger partial charge is 0.393 e. The van der Waals surface area contributed by atoms with Gasteiger partial charge in [0.15, 0.2) is 0 Å². The van der Waals surface area contributed by atoms with Gasteiger partial charge in [-0.2, -0.15) is 0 Å². The summed E-state index contributed by atoms with van der Waals surface area (Å²) in [6.07, 6.45) is 11.9. The second-order valence-electron chi connectivity index (χ2n) is 8.21. The predicted octanol–water partition coefficient (Wildman–Crippen LogP) is 4.37.